The number of esters is 1. The van der Waals surface area contributed by atoms with Crippen LogP contribution in [0.2, 0.25) is 0 Å². The van der Waals surface area contributed by atoms with Gasteiger partial charge in [-0.2, -0.15) is 0 Å². The van der Waals surface area contributed by atoms with Crippen molar-refractivity contribution in [2.75, 3.05) is 13.2 Å². The highest BCUT2D eigenvalue weighted by Gasteiger charge is 2.41. The van der Waals surface area contributed by atoms with Gasteiger partial charge in [-0.05, 0) is 80.4 Å². The molecule has 0 radical (unpaired) electrons. The molecule has 0 unspecified atom stereocenters. The van der Waals surface area contributed by atoms with Crippen LogP contribution in [-0.4, -0.2) is 41.3 Å². The minimum atomic E-state index is -1.03. The van der Waals surface area contributed by atoms with E-state index in [2.05, 4.69) is 6.58 Å². The lowest BCUT2D eigenvalue weighted by molar-refractivity contribution is -0.150. The van der Waals surface area contributed by atoms with Gasteiger partial charge >= 0.3 is 5.97 Å². The second-order valence-corrected chi connectivity index (χ2v) is 8.82. The SMILES string of the molecule is C=CCc1cc(/C=C2/SC(=O)N([C@@H](C)C(=O)OCC)C2=O)cc(OCC)c1OCc1ccc(F)cc1. The number of allylic oxidation sites excluding steroid dienone is 1. The summed E-state index contributed by atoms with van der Waals surface area (Å²) in [5.74, 6) is -0.556. The molecule has 1 aliphatic heterocycles. The van der Waals surface area contributed by atoms with Crippen molar-refractivity contribution >= 4 is 35.0 Å². The maximum atomic E-state index is 13.2. The number of nitrogens with zero attached hydrogens (tertiary/aromatic N) is 1. The van der Waals surface area contributed by atoms with Gasteiger partial charge in [0.15, 0.2) is 11.5 Å². The first-order valence-electron chi connectivity index (χ1n) is 11.5. The Balaban J connectivity index is 1.92. The molecule has 1 fully saturated rings. The van der Waals surface area contributed by atoms with E-state index >= 15 is 0 Å². The second-order valence-electron chi connectivity index (χ2n) is 7.83. The van der Waals surface area contributed by atoms with Crippen molar-refractivity contribution in [2.45, 2.75) is 39.8 Å². The summed E-state index contributed by atoms with van der Waals surface area (Å²) in [7, 11) is 0. The summed E-state index contributed by atoms with van der Waals surface area (Å²) in [6, 6.07) is 8.54. The third kappa shape index (κ3) is 6.34. The molecule has 0 aromatic heterocycles. The van der Waals surface area contributed by atoms with E-state index in [0.717, 1.165) is 27.8 Å². The fourth-order valence-corrected chi connectivity index (χ4v) is 4.48. The van der Waals surface area contributed by atoms with E-state index < -0.39 is 23.2 Å². The van der Waals surface area contributed by atoms with Crippen LogP contribution >= 0.6 is 11.8 Å². The number of hydrogen-bond acceptors (Lipinski definition) is 7. The minimum Gasteiger partial charge on any atom is -0.490 e. The number of hydrogen-bond donors (Lipinski definition) is 0. The average molecular weight is 514 g/mol. The van der Waals surface area contributed by atoms with Crippen molar-refractivity contribution in [3.63, 3.8) is 0 Å². The number of halogens is 1. The quantitative estimate of drug-likeness (QED) is 0.222. The first-order valence-corrected chi connectivity index (χ1v) is 12.3. The van der Waals surface area contributed by atoms with Gasteiger partial charge in [0.25, 0.3) is 11.1 Å². The lowest BCUT2D eigenvalue weighted by Crippen LogP contribution is -2.42. The van der Waals surface area contributed by atoms with Crippen molar-refractivity contribution in [1.29, 1.82) is 0 Å². The predicted molar refractivity (Wildman–Crippen MR) is 136 cm³/mol. The Labute approximate surface area is 213 Å². The maximum Gasteiger partial charge on any atom is 0.329 e. The van der Waals surface area contributed by atoms with E-state index in [1.54, 1.807) is 37.3 Å². The van der Waals surface area contributed by atoms with Crippen molar-refractivity contribution in [3.05, 3.63) is 76.5 Å². The molecular formula is C27H28FNO6S. The highest BCUT2D eigenvalue weighted by Crippen LogP contribution is 2.38. The first kappa shape index (κ1) is 27.0. The normalized spacial score (nSPS) is 15.2. The number of imide groups is 1. The van der Waals surface area contributed by atoms with Crippen LogP contribution in [0.5, 0.6) is 11.5 Å². The number of benzene rings is 2. The van der Waals surface area contributed by atoms with Gasteiger partial charge in [0.1, 0.15) is 18.5 Å². The van der Waals surface area contributed by atoms with Gasteiger partial charge in [0, 0.05) is 5.56 Å². The molecule has 2 amide bonds. The van der Waals surface area contributed by atoms with Crippen LogP contribution < -0.4 is 9.47 Å². The average Bonchev–Trinajstić information content (AvgIpc) is 3.12. The van der Waals surface area contributed by atoms with Gasteiger partial charge in [-0.1, -0.05) is 18.2 Å². The molecule has 0 spiro atoms. The molecule has 0 aliphatic carbocycles. The van der Waals surface area contributed by atoms with Crippen molar-refractivity contribution < 1.29 is 33.0 Å². The third-order valence-corrected chi connectivity index (χ3v) is 6.13. The van der Waals surface area contributed by atoms with E-state index in [9.17, 15) is 18.8 Å². The molecule has 0 N–H and O–H groups in total. The molecule has 2 aromatic carbocycles. The molecule has 7 nitrogen and oxygen atoms in total. The first-order chi connectivity index (χ1) is 17.3. The number of carbonyl (C=O) groups is 3. The Bertz CT molecular complexity index is 1180. The molecule has 9 heteroatoms. The number of amides is 2. The summed E-state index contributed by atoms with van der Waals surface area (Å²) in [5.41, 5.74) is 2.18. The molecule has 2 aromatic rings. The lowest BCUT2D eigenvalue weighted by Gasteiger charge is -2.19. The lowest BCUT2D eigenvalue weighted by atomic mass is 10.0. The Morgan fingerprint density at radius 1 is 1.14 bits per heavy atom. The zero-order valence-corrected chi connectivity index (χ0v) is 21.2. The fourth-order valence-electron chi connectivity index (χ4n) is 3.57. The van der Waals surface area contributed by atoms with Gasteiger partial charge in [-0.25, -0.2) is 9.18 Å². The van der Waals surface area contributed by atoms with Crippen LogP contribution in [-0.2, 0) is 27.4 Å². The van der Waals surface area contributed by atoms with Crippen LogP contribution in [0.15, 0.2) is 54.0 Å². The molecular weight excluding hydrogens is 485 g/mol. The Morgan fingerprint density at radius 2 is 1.86 bits per heavy atom. The van der Waals surface area contributed by atoms with E-state index in [4.69, 9.17) is 14.2 Å². The molecule has 0 bridgehead atoms. The van der Waals surface area contributed by atoms with E-state index in [1.807, 2.05) is 13.0 Å². The van der Waals surface area contributed by atoms with Crippen LogP contribution in [0, 0.1) is 5.82 Å². The highest BCUT2D eigenvalue weighted by atomic mass is 32.2. The maximum absolute atomic E-state index is 13.2. The topological polar surface area (TPSA) is 82.1 Å². The van der Waals surface area contributed by atoms with Crippen molar-refractivity contribution in [1.82, 2.24) is 4.90 Å². The molecule has 1 saturated heterocycles. The zero-order valence-electron chi connectivity index (χ0n) is 20.4. The summed E-state index contributed by atoms with van der Waals surface area (Å²) in [6.45, 7) is 9.49. The molecule has 1 atom stereocenters. The molecule has 3 rings (SSSR count). The molecule has 1 heterocycles. The Hall–Kier alpha value is -3.59. The molecule has 1 aliphatic rings. The highest BCUT2D eigenvalue weighted by molar-refractivity contribution is 8.18. The standard InChI is InChI=1S/C27H28FNO6S/c1-5-8-20-13-19(15-23-25(30)29(27(32)36-23)17(4)26(31)34-7-3)14-22(33-6-2)24(20)35-16-18-9-11-21(28)12-10-18/h5,9-15,17H,1,6-8,16H2,2-4H3/b23-15+/t17-/m0/s1. The van der Waals surface area contributed by atoms with Crippen molar-refractivity contribution in [2.24, 2.45) is 0 Å². The number of carbonyl (C=O) groups excluding carboxylic acids is 3. The number of thioether (sulfide) groups is 1. The van der Waals surface area contributed by atoms with Gasteiger partial charge in [0.2, 0.25) is 0 Å². The largest absolute Gasteiger partial charge is 0.490 e. The van der Waals surface area contributed by atoms with Crippen LogP contribution in [0.1, 0.15) is 37.5 Å². The third-order valence-electron chi connectivity index (χ3n) is 5.25. The second kappa shape index (κ2) is 12.4. The van der Waals surface area contributed by atoms with E-state index in [0.29, 0.717) is 30.1 Å². The van der Waals surface area contributed by atoms with E-state index in [-0.39, 0.29) is 23.9 Å². The fraction of sp³-hybridized carbons (Fsp3) is 0.296. The summed E-state index contributed by atoms with van der Waals surface area (Å²) >= 11 is 0.760. The van der Waals surface area contributed by atoms with Crippen LogP contribution in [0.25, 0.3) is 6.08 Å². The van der Waals surface area contributed by atoms with Gasteiger partial charge < -0.3 is 14.2 Å². The Morgan fingerprint density at radius 3 is 2.50 bits per heavy atom. The summed E-state index contributed by atoms with van der Waals surface area (Å²) in [6.07, 6.45) is 3.76. The smallest absolute Gasteiger partial charge is 0.329 e. The van der Waals surface area contributed by atoms with Crippen molar-refractivity contribution in [3.8, 4) is 11.5 Å². The van der Waals surface area contributed by atoms with Gasteiger partial charge in [0.05, 0.1) is 18.1 Å². The molecule has 0 saturated carbocycles. The van der Waals surface area contributed by atoms with Gasteiger partial charge in [-0.15, -0.1) is 6.58 Å². The number of rotatable bonds is 11. The molecule has 36 heavy (non-hydrogen) atoms. The summed E-state index contributed by atoms with van der Waals surface area (Å²) in [5, 5.41) is -0.539. The van der Waals surface area contributed by atoms with Gasteiger partial charge in [-0.3, -0.25) is 14.5 Å². The van der Waals surface area contributed by atoms with Crippen LogP contribution in [0.4, 0.5) is 9.18 Å². The zero-order chi connectivity index (χ0) is 26.2. The monoisotopic (exact) mass is 513 g/mol. The predicted octanol–water partition coefficient (Wildman–Crippen LogP) is 5.52. The Kier molecular flexibility index (Phi) is 9.30. The minimum absolute atomic E-state index is 0.150. The van der Waals surface area contributed by atoms with Crippen LogP contribution in [0.3, 0.4) is 0 Å². The number of ether oxygens (including phenoxy) is 3. The summed E-state index contributed by atoms with van der Waals surface area (Å²) < 4.78 is 30.1. The van der Waals surface area contributed by atoms with E-state index in [1.165, 1.54) is 19.1 Å². The molecule has 190 valence electrons. The summed E-state index contributed by atoms with van der Waals surface area (Å²) in [4.78, 5) is 38.6.